The number of hydrogen-bond acceptors (Lipinski definition) is 5. The molecule has 0 saturated heterocycles. The highest BCUT2D eigenvalue weighted by Crippen LogP contribution is 2.62. The number of carboxylic acids is 1. The van der Waals surface area contributed by atoms with E-state index in [0.717, 1.165) is 16.3 Å². The molecule has 0 amide bonds. The topological polar surface area (TPSA) is 84.9 Å². The molecule has 2 aromatic rings. The summed E-state index contributed by atoms with van der Waals surface area (Å²) >= 11 is 0. The van der Waals surface area contributed by atoms with Crippen molar-refractivity contribution < 1.29 is 23.5 Å². The number of allylic oxidation sites excluding steroid dienone is 1. The van der Waals surface area contributed by atoms with Crippen molar-refractivity contribution in [3.63, 3.8) is 0 Å². The van der Waals surface area contributed by atoms with Crippen molar-refractivity contribution in [2.24, 2.45) is 5.92 Å². The molecule has 156 valence electrons. The van der Waals surface area contributed by atoms with Crippen LogP contribution in [0.4, 0.5) is 0 Å². The van der Waals surface area contributed by atoms with Crippen molar-refractivity contribution in [3.8, 4) is 0 Å². The highest BCUT2D eigenvalue weighted by atomic mass is 31.2. The Hall–Kier alpha value is -2.14. The molecular weight excluding hydrogens is 389 g/mol. The first-order valence-electron chi connectivity index (χ1n) is 10.0. The van der Waals surface area contributed by atoms with Crippen LogP contribution >= 0.6 is 7.60 Å². The average molecular weight is 417 g/mol. The minimum atomic E-state index is -3.69. The third-order valence-corrected chi connectivity index (χ3v) is 7.56. The molecule has 3 rings (SSSR count). The summed E-state index contributed by atoms with van der Waals surface area (Å²) in [5.74, 6) is -1.88. The lowest BCUT2D eigenvalue weighted by atomic mass is 9.99. The molecule has 0 aliphatic heterocycles. The van der Waals surface area contributed by atoms with Gasteiger partial charge >= 0.3 is 13.6 Å². The molecule has 0 spiro atoms. The van der Waals surface area contributed by atoms with Gasteiger partial charge in [0.2, 0.25) is 0 Å². The Morgan fingerprint density at radius 2 is 1.83 bits per heavy atom. The average Bonchev–Trinajstić information content (AvgIpc) is 3.12. The van der Waals surface area contributed by atoms with Gasteiger partial charge in [0, 0.05) is 11.7 Å². The van der Waals surface area contributed by atoms with Crippen LogP contribution in [-0.4, -0.2) is 24.3 Å². The summed E-state index contributed by atoms with van der Waals surface area (Å²) < 4.78 is 24.5. The van der Waals surface area contributed by atoms with Gasteiger partial charge in [0.15, 0.2) is 0 Å². The van der Waals surface area contributed by atoms with Gasteiger partial charge in [-0.15, -0.1) is 0 Å². The Balaban J connectivity index is 2.02. The summed E-state index contributed by atoms with van der Waals surface area (Å²) in [6.07, 6.45) is 0.866. The van der Waals surface area contributed by atoms with E-state index in [0.29, 0.717) is 18.5 Å². The maximum Gasteiger partial charge on any atom is 0.359 e. The Labute approximate surface area is 171 Å². The molecular formula is C22H28NO5P. The number of rotatable bonds is 9. The summed E-state index contributed by atoms with van der Waals surface area (Å²) in [7, 11) is -3.69. The summed E-state index contributed by atoms with van der Waals surface area (Å²) in [5.41, 5.74) is 1.75. The van der Waals surface area contributed by atoms with Gasteiger partial charge in [0.05, 0.1) is 24.4 Å². The fraction of sp³-hybridized carbons (Fsp3) is 0.409. The number of fused-ring (bicyclic) bond motifs is 1. The van der Waals surface area contributed by atoms with Crippen LogP contribution in [-0.2, 0) is 18.4 Å². The van der Waals surface area contributed by atoms with Gasteiger partial charge in [-0.25, -0.2) is 0 Å². The summed E-state index contributed by atoms with van der Waals surface area (Å²) in [6, 6.07) is 14.1. The fourth-order valence-electron chi connectivity index (χ4n) is 3.99. The van der Waals surface area contributed by atoms with E-state index in [1.165, 1.54) is 0 Å². The molecule has 0 bridgehead atoms. The Bertz CT molecular complexity index is 955. The molecule has 0 saturated carbocycles. The van der Waals surface area contributed by atoms with E-state index in [-0.39, 0.29) is 24.6 Å². The number of aliphatic carboxylic acids is 1. The Morgan fingerprint density at radius 3 is 2.48 bits per heavy atom. The molecule has 1 aliphatic rings. The monoisotopic (exact) mass is 417 g/mol. The third kappa shape index (κ3) is 4.40. The van der Waals surface area contributed by atoms with Gasteiger partial charge in [-0.3, -0.25) is 9.36 Å². The van der Waals surface area contributed by atoms with Gasteiger partial charge in [-0.05, 0) is 49.9 Å². The SMILES string of the molecule is CCOP(=O)(OCC)C1=C(N[C@@H](C)c2cccc3ccccc23)CC[C@H]1C(=O)O. The van der Waals surface area contributed by atoms with Gasteiger partial charge in [-0.2, -0.15) is 0 Å². The van der Waals surface area contributed by atoms with E-state index in [2.05, 4.69) is 29.6 Å². The maximum absolute atomic E-state index is 13.5. The van der Waals surface area contributed by atoms with E-state index in [1.807, 2.05) is 25.1 Å². The zero-order chi connectivity index (χ0) is 21.0. The minimum Gasteiger partial charge on any atom is -0.481 e. The predicted molar refractivity (Wildman–Crippen MR) is 114 cm³/mol. The maximum atomic E-state index is 13.5. The first-order valence-corrected chi connectivity index (χ1v) is 11.5. The van der Waals surface area contributed by atoms with Crippen LogP contribution in [0.5, 0.6) is 0 Å². The molecule has 2 atom stereocenters. The number of carbonyl (C=O) groups is 1. The first-order chi connectivity index (χ1) is 13.9. The van der Waals surface area contributed by atoms with Crippen LogP contribution in [0.3, 0.4) is 0 Å². The van der Waals surface area contributed by atoms with Gasteiger partial charge in [0.25, 0.3) is 0 Å². The second-order valence-corrected chi connectivity index (χ2v) is 9.05. The van der Waals surface area contributed by atoms with Gasteiger partial charge in [-0.1, -0.05) is 42.5 Å². The second kappa shape index (κ2) is 9.12. The lowest BCUT2D eigenvalue weighted by Gasteiger charge is -2.24. The van der Waals surface area contributed by atoms with E-state index in [9.17, 15) is 14.5 Å². The predicted octanol–water partition coefficient (Wildman–Crippen LogP) is 5.46. The van der Waals surface area contributed by atoms with Crippen LogP contribution in [0.1, 0.15) is 45.2 Å². The van der Waals surface area contributed by atoms with Crippen LogP contribution in [0.15, 0.2) is 53.5 Å². The number of benzene rings is 2. The zero-order valence-corrected chi connectivity index (χ0v) is 17.9. The third-order valence-electron chi connectivity index (χ3n) is 5.19. The Kier molecular flexibility index (Phi) is 6.78. The van der Waals surface area contributed by atoms with Crippen LogP contribution in [0.25, 0.3) is 10.8 Å². The van der Waals surface area contributed by atoms with Gasteiger partial charge < -0.3 is 19.5 Å². The van der Waals surface area contributed by atoms with Crippen LogP contribution in [0.2, 0.25) is 0 Å². The molecule has 29 heavy (non-hydrogen) atoms. The van der Waals surface area contributed by atoms with Crippen molar-refractivity contribution in [2.75, 3.05) is 13.2 Å². The lowest BCUT2D eigenvalue weighted by Crippen LogP contribution is -2.21. The summed E-state index contributed by atoms with van der Waals surface area (Å²) in [5, 5.41) is 15.7. The van der Waals surface area contributed by atoms with Crippen molar-refractivity contribution in [2.45, 2.75) is 39.7 Å². The number of nitrogens with one attached hydrogen (secondary N) is 1. The number of hydrogen-bond donors (Lipinski definition) is 2. The minimum absolute atomic E-state index is 0.102. The number of carboxylic acid groups (broad SMARTS) is 1. The lowest BCUT2D eigenvalue weighted by molar-refractivity contribution is -0.140. The quantitative estimate of drug-likeness (QED) is 0.527. The molecule has 1 aliphatic carbocycles. The first kappa shape index (κ1) is 21.6. The highest BCUT2D eigenvalue weighted by Gasteiger charge is 2.44. The van der Waals surface area contributed by atoms with Crippen molar-refractivity contribution in [1.82, 2.24) is 5.32 Å². The van der Waals surface area contributed by atoms with Crippen LogP contribution in [0, 0.1) is 5.92 Å². The highest BCUT2D eigenvalue weighted by molar-refractivity contribution is 7.58. The van der Waals surface area contributed by atoms with E-state index in [4.69, 9.17) is 9.05 Å². The van der Waals surface area contributed by atoms with E-state index < -0.39 is 19.5 Å². The molecule has 0 unspecified atom stereocenters. The molecule has 0 radical (unpaired) electrons. The summed E-state index contributed by atoms with van der Waals surface area (Å²) in [6.45, 7) is 5.83. The molecule has 2 N–H and O–H groups in total. The van der Waals surface area contributed by atoms with Crippen LogP contribution < -0.4 is 5.32 Å². The molecule has 2 aromatic carbocycles. The molecule has 6 nitrogen and oxygen atoms in total. The molecule has 0 aromatic heterocycles. The standard InChI is InChI=1S/C22H28NO5P/c1-4-27-29(26,28-5-2)21-19(22(24)25)13-14-20(21)23-15(3)17-12-8-10-16-9-6-7-11-18(16)17/h6-12,15,19,23H,4-5,13-14H2,1-3H3,(H,24,25)/t15-,19+/m0/s1. The normalized spacial score (nSPS) is 18.2. The second-order valence-electron chi connectivity index (χ2n) is 7.06. The zero-order valence-electron chi connectivity index (χ0n) is 17.1. The van der Waals surface area contributed by atoms with Crippen molar-refractivity contribution >= 4 is 24.3 Å². The largest absolute Gasteiger partial charge is 0.481 e. The fourth-order valence-corrected chi connectivity index (χ4v) is 6.15. The van der Waals surface area contributed by atoms with Crippen molar-refractivity contribution in [3.05, 3.63) is 59.0 Å². The smallest absolute Gasteiger partial charge is 0.359 e. The summed E-state index contributed by atoms with van der Waals surface area (Å²) in [4.78, 5) is 11.8. The van der Waals surface area contributed by atoms with E-state index >= 15 is 0 Å². The molecule has 7 heteroatoms. The molecule has 0 heterocycles. The Morgan fingerprint density at radius 1 is 1.17 bits per heavy atom. The van der Waals surface area contributed by atoms with E-state index in [1.54, 1.807) is 13.8 Å². The van der Waals surface area contributed by atoms with Gasteiger partial charge in [0.1, 0.15) is 0 Å². The van der Waals surface area contributed by atoms with Crippen molar-refractivity contribution in [1.29, 1.82) is 0 Å². The molecule has 0 fully saturated rings.